The van der Waals surface area contributed by atoms with Gasteiger partial charge in [-0.1, -0.05) is 0 Å². The van der Waals surface area contributed by atoms with E-state index >= 15 is 0 Å². The largest absolute Gasteiger partial charge is 0.379 e. The lowest BCUT2D eigenvalue weighted by Gasteiger charge is -2.50. The van der Waals surface area contributed by atoms with Gasteiger partial charge >= 0.3 is 0 Å². The molecule has 2 fully saturated rings. The van der Waals surface area contributed by atoms with Crippen molar-refractivity contribution in [3.05, 3.63) is 17.7 Å². The van der Waals surface area contributed by atoms with E-state index < -0.39 is 21.0 Å². The first-order chi connectivity index (χ1) is 11.8. The molecular weight excluding hydrogens is 344 g/mol. The Bertz CT molecular complexity index is 791. The number of fused-ring (bicyclic) bond motifs is 2. The third-order valence-electron chi connectivity index (χ3n) is 5.84. The highest BCUT2D eigenvalue weighted by Crippen LogP contribution is 2.44. The van der Waals surface area contributed by atoms with Gasteiger partial charge in [0.25, 0.3) is 0 Å². The normalized spacial score (nSPS) is 25.4. The summed E-state index contributed by atoms with van der Waals surface area (Å²) in [4.78, 5) is 22.2. The number of carbonyl (C=O) groups excluding carboxylic acids is 1. The Labute approximate surface area is 147 Å². The molecular formula is C16H24N4O4S. The third-order valence-corrected chi connectivity index (χ3v) is 7.17. The van der Waals surface area contributed by atoms with Crippen LogP contribution >= 0.6 is 0 Å². The van der Waals surface area contributed by atoms with Crippen LogP contribution in [0, 0.1) is 5.41 Å². The molecule has 0 saturated carbocycles. The molecule has 1 aromatic rings. The molecule has 0 aliphatic carbocycles. The maximum absolute atomic E-state index is 12.7. The van der Waals surface area contributed by atoms with Gasteiger partial charge in [-0.05, 0) is 19.8 Å². The standard InChI is InChI=1S/C16H24N4O4S/c1-15(9-24-10-15)14(21)19-7-4-16(5-8-19)13-12(17-11-18-13)3-6-20(16)25(2,22)23/h11H,3-10H2,1-2H3,(H,17,18). The van der Waals surface area contributed by atoms with Crippen LogP contribution in [0.3, 0.4) is 0 Å². The minimum absolute atomic E-state index is 0.109. The minimum Gasteiger partial charge on any atom is -0.379 e. The summed E-state index contributed by atoms with van der Waals surface area (Å²) < 4.78 is 31.6. The number of hydrogen-bond acceptors (Lipinski definition) is 5. The van der Waals surface area contributed by atoms with E-state index in [0.717, 1.165) is 11.4 Å². The number of H-pyrrole nitrogens is 1. The van der Waals surface area contributed by atoms with E-state index in [-0.39, 0.29) is 5.91 Å². The molecule has 3 aliphatic heterocycles. The van der Waals surface area contributed by atoms with Gasteiger partial charge in [0.05, 0.1) is 42.4 Å². The zero-order chi connectivity index (χ0) is 17.9. The second-order valence-corrected chi connectivity index (χ2v) is 9.60. The van der Waals surface area contributed by atoms with Crippen molar-refractivity contribution in [2.45, 2.75) is 31.7 Å². The Kier molecular flexibility index (Phi) is 3.75. The molecule has 0 unspecified atom stereocenters. The first-order valence-electron chi connectivity index (χ1n) is 8.64. The van der Waals surface area contributed by atoms with Gasteiger partial charge in [-0.25, -0.2) is 13.4 Å². The van der Waals surface area contributed by atoms with Crippen molar-refractivity contribution in [2.24, 2.45) is 5.41 Å². The average molecular weight is 368 g/mol. The topological polar surface area (TPSA) is 95.6 Å². The Morgan fingerprint density at radius 2 is 1.96 bits per heavy atom. The zero-order valence-electron chi connectivity index (χ0n) is 14.6. The molecule has 2 saturated heterocycles. The molecule has 3 aliphatic rings. The number of nitrogens with zero attached hydrogens (tertiary/aromatic N) is 3. The van der Waals surface area contributed by atoms with Gasteiger partial charge in [0.2, 0.25) is 15.9 Å². The second kappa shape index (κ2) is 5.52. The van der Waals surface area contributed by atoms with Crippen LogP contribution in [0.2, 0.25) is 0 Å². The zero-order valence-corrected chi connectivity index (χ0v) is 15.4. The predicted octanol–water partition coefficient (Wildman–Crippen LogP) is 0.0816. The van der Waals surface area contributed by atoms with Crippen LogP contribution in [0.15, 0.2) is 6.33 Å². The smallest absolute Gasteiger partial charge is 0.233 e. The summed E-state index contributed by atoms with van der Waals surface area (Å²) in [6.07, 6.45) is 4.68. The lowest BCUT2D eigenvalue weighted by atomic mass is 9.79. The molecule has 8 nitrogen and oxygen atoms in total. The molecule has 1 N–H and O–H groups in total. The Morgan fingerprint density at radius 3 is 2.52 bits per heavy atom. The summed E-state index contributed by atoms with van der Waals surface area (Å²) in [5, 5.41) is 0. The summed E-state index contributed by atoms with van der Waals surface area (Å²) in [5.41, 5.74) is 0.772. The number of imidazole rings is 1. The van der Waals surface area contributed by atoms with Crippen molar-refractivity contribution in [2.75, 3.05) is 39.1 Å². The minimum atomic E-state index is -3.36. The van der Waals surface area contributed by atoms with Gasteiger partial charge in [0.1, 0.15) is 0 Å². The number of aromatic nitrogens is 2. The van der Waals surface area contributed by atoms with Gasteiger partial charge < -0.3 is 14.6 Å². The van der Waals surface area contributed by atoms with Crippen LogP contribution in [-0.4, -0.2) is 72.6 Å². The lowest BCUT2D eigenvalue weighted by molar-refractivity contribution is -0.171. The van der Waals surface area contributed by atoms with Crippen molar-refractivity contribution < 1.29 is 17.9 Å². The lowest BCUT2D eigenvalue weighted by Crippen LogP contribution is -2.61. The predicted molar refractivity (Wildman–Crippen MR) is 90.3 cm³/mol. The van der Waals surface area contributed by atoms with E-state index in [1.807, 2.05) is 11.8 Å². The van der Waals surface area contributed by atoms with Crippen LogP contribution in [-0.2, 0) is 31.5 Å². The SMILES string of the molecule is CC1(C(=O)N2CCC3(CC2)c2nc[nH]c2CCN3S(C)(=O)=O)COC1. The number of hydrogen-bond donors (Lipinski definition) is 1. The summed E-state index contributed by atoms with van der Waals surface area (Å²) >= 11 is 0. The van der Waals surface area contributed by atoms with Crippen LogP contribution in [0.4, 0.5) is 0 Å². The first kappa shape index (κ1) is 17.0. The number of rotatable bonds is 2. The fraction of sp³-hybridized carbons (Fsp3) is 0.750. The maximum Gasteiger partial charge on any atom is 0.233 e. The molecule has 0 aromatic carbocycles. The molecule has 1 amide bonds. The molecule has 1 spiro atoms. The third kappa shape index (κ3) is 2.51. The number of aromatic amines is 1. The number of sulfonamides is 1. The molecule has 9 heteroatoms. The first-order valence-corrected chi connectivity index (χ1v) is 10.5. The van der Waals surface area contributed by atoms with Gasteiger partial charge in [0, 0.05) is 31.7 Å². The number of ether oxygens (including phenoxy) is 1. The van der Waals surface area contributed by atoms with Crippen molar-refractivity contribution in [1.82, 2.24) is 19.2 Å². The molecule has 138 valence electrons. The van der Waals surface area contributed by atoms with Gasteiger partial charge in [-0.2, -0.15) is 4.31 Å². The number of piperidine rings is 1. The molecule has 0 bridgehead atoms. The molecule has 1 aromatic heterocycles. The van der Waals surface area contributed by atoms with E-state index in [9.17, 15) is 13.2 Å². The van der Waals surface area contributed by atoms with E-state index in [1.165, 1.54) is 6.26 Å². The van der Waals surface area contributed by atoms with Crippen molar-refractivity contribution in [3.63, 3.8) is 0 Å². The number of amides is 1. The number of likely N-dealkylation sites (tertiary alicyclic amines) is 1. The van der Waals surface area contributed by atoms with E-state index in [0.29, 0.717) is 52.1 Å². The fourth-order valence-corrected chi connectivity index (χ4v) is 5.75. The highest BCUT2D eigenvalue weighted by atomic mass is 32.2. The van der Waals surface area contributed by atoms with Crippen LogP contribution in [0.1, 0.15) is 31.2 Å². The van der Waals surface area contributed by atoms with E-state index in [1.54, 1.807) is 10.6 Å². The quantitative estimate of drug-likeness (QED) is 0.798. The second-order valence-electron chi connectivity index (χ2n) is 7.69. The van der Waals surface area contributed by atoms with Gasteiger partial charge in [-0.3, -0.25) is 4.79 Å². The summed E-state index contributed by atoms with van der Waals surface area (Å²) in [7, 11) is -3.36. The molecule has 0 radical (unpaired) electrons. The van der Waals surface area contributed by atoms with E-state index in [2.05, 4.69) is 9.97 Å². The van der Waals surface area contributed by atoms with Crippen molar-refractivity contribution >= 4 is 15.9 Å². The van der Waals surface area contributed by atoms with Gasteiger partial charge in [0.15, 0.2) is 0 Å². The summed E-state index contributed by atoms with van der Waals surface area (Å²) in [6.45, 7) is 4.38. The highest BCUT2D eigenvalue weighted by Gasteiger charge is 2.52. The van der Waals surface area contributed by atoms with Crippen LogP contribution in [0.25, 0.3) is 0 Å². The van der Waals surface area contributed by atoms with Crippen molar-refractivity contribution in [1.29, 1.82) is 0 Å². The Hall–Kier alpha value is -1.45. The average Bonchev–Trinajstić information content (AvgIpc) is 3.02. The molecule has 25 heavy (non-hydrogen) atoms. The van der Waals surface area contributed by atoms with Gasteiger partial charge in [-0.15, -0.1) is 0 Å². The molecule has 0 atom stereocenters. The highest BCUT2D eigenvalue weighted by molar-refractivity contribution is 7.88. The Morgan fingerprint density at radius 1 is 1.28 bits per heavy atom. The summed E-state index contributed by atoms with van der Waals surface area (Å²) in [6, 6.07) is 0. The van der Waals surface area contributed by atoms with Crippen LogP contribution < -0.4 is 0 Å². The fourth-order valence-electron chi connectivity index (χ4n) is 4.42. The number of carbonyl (C=O) groups is 1. The number of nitrogens with one attached hydrogen (secondary N) is 1. The monoisotopic (exact) mass is 368 g/mol. The Balaban J connectivity index is 1.62. The summed E-state index contributed by atoms with van der Waals surface area (Å²) in [5.74, 6) is 0.109. The van der Waals surface area contributed by atoms with Crippen LogP contribution in [0.5, 0.6) is 0 Å². The molecule has 4 rings (SSSR count). The van der Waals surface area contributed by atoms with E-state index in [4.69, 9.17) is 4.74 Å². The molecule has 4 heterocycles. The van der Waals surface area contributed by atoms with Crippen molar-refractivity contribution in [3.8, 4) is 0 Å². The maximum atomic E-state index is 12.7.